The maximum Gasteiger partial charge on any atom is 0.257 e. The highest BCUT2D eigenvalue weighted by Gasteiger charge is 2.32. The number of nitrogens with zero attached hydrogens (tertiary/aromatic N) is 5. The predicted octanol–water partition coefficient (Wildman–Crippen LogP) is 3.77. The molecule has 1 aromatic heterocycles. The monoisotopic (exact) mass is 449 g/mol. The van der Waals surface area contributed by atoms with Crippen LogP contribution in [-0.4, -0.2) is 65.3 Å². The van der Waals surface area contributed by atoms with Crippen molar-refractivity contribution in [1.82, 2.24) is 19.8 Å². The second kappa shape index (κ2) is 10.3. The van der Waals surface area contributed by atoms with Gasteiger partial charge in [0.1, 0.15) is 0 Å². The van der Waals surface area contributed by atoms with E-state index in [1.165, 1.54) is 6.42 Å². The molecule has 0 N–H and O–H groups in total. The molecule has 0 aliphatic carbocycles. The summed E-state index contributed by atoms with van der Waals surface area (Å²) in [5.41, 5.74) is 3.60. The summed E-state index contributed by atoms with van der Waals surface area (Å²) < 4.78 is 0. The fourth-order valence-corrected chi connectivity index (χ4v) is 4.81. The lowest BCUT2D eigenvalue weighted by molar-refractivity contribution is -0.132. The van der Waals surface area contributed by atoms with E-state index in [0.717, 1.165) is 63.0 Å². The second-order valence-electron chi connectivity index (χ2n) is 9.39. The topological polar surface area (TPSA) is 69.6 Å². The van der Waals surface area contributed by atoms with Gasteiger partial charge in [-0.25, -0.2) is 9.97 Å². The van der Waals surface area contributed by atoms with Gasteiger partial charge in [0.2, 0.25) is 5.91 Å². The molecule has 176 valence electrons. The van der Waals surface area contributed by atoms with Gasteiger partial charge in [-0.15, -0.1) is 0 Å². The number of aromatic nitrogens is 2. The van der Waals surface area contributed by atoms with Crippen molar-refractivity contribution < 1.29 is 9.59 Å². The van der Waals surface area contributed by atoms with Crippen LogP contribution in [0.4, 0.5) is 5.69 Å². The first kappa shape index (κ1) is 23.2. The molecule has 7 nitrogen and oxygen atoms in total. The van der Waals surface area contributed by atoms with Crippen molar-refractivity contribution in [1.29, 1.82) is 0 Å². The van der Waals surface area contributed by atoms with Crippen molar-refractivity contribution in [2.75, 3.05) is 38.6 Å². The smallest absolute Gasteiger partial charge is 0.257 e. The Morgan fingerprint density at radius 2 is 1.76 bits per heavy atom. The zero-order chi connectivity index (χ0) is 23.4. The molecule has 1 unspecified atom stereocenters. The summed E-state index contributed by atoms with van der Waals surface area (Å²) >= 11 is 0. The molecule has 2 saturated heterocycles. The van der Waals surface area contributed by atoms with Gasteiger partial charge in [-0.05, 0) is 63.1 Å². The van der Waals surface area contributed by atoms with E-state index >= 15 is 0 Å². The molecule has 0 radical (unpaired) electrons. The molecular weight excluding hydrogens is 414 g/mol. The van der Waals surface area contributed by atoms with E-state index in [9.17, 15) is 9.59 Å². The molecule has 2 aliphatic rings. The molecule has 3 heterocycles. The van der Waals surface area contributed by atoms with Crippen LogP contribution >= 0.6 is 0 Å². The summed E-state index contributed by atoms with van der Waals surface area (Å²) in [5, 5.41) is 0. The summed E-state index contributed by atoms with van der Waals surface area (Å²) in [6, 6.07) is 8.25. The third-order valence-corrected chi connectivity index (χ3v) is 6.82. The number of rotatable bonds is 6. The number of hydrogen-bond donors (Lipinski definition) is 0. The third-order valence-electron chi connectivity index (χ3n) is 6.82. The summed E-state index contributed by atoms with van der Waals surface area (Å²) in [7, 11) is 4.04. The molecule has 0 spiro atoms. The molecule has 2 amide bonds. The second-order valence-corrected chi connectivity index (χ2v) is 9.39. The van der Waals surface area contributed by atoms with Crippen molar-refractivity contribution >= 4 is 17.5 Å². The first-order valence-corrected chi connectivity index (χ1v) is 12.1. The van der Waals surface area contributed by atoms with E-state index in [4.69, 9.17) is 4.98 Å². The summed E-state index contributed by atoms with van der Waals surface area (Å²) in [4.78, 5) is 41.1. The van der Waals surface area contributed by atoms with Crippen LogP contribution in [0.25, 0.3) is 0 Å². The van der Waals surface area contributed by atoms with Gasteiger partial charge in [0.05, 0.1) is 17.3 Å². The van der Waals surface area contributed by atoms with Crippen molar-refractivity contribution in [2.24, 2.45) is 0 Å². The Labute approximate surface area is 196 Å². The van der Waals surface area contributed by atoms with Crippen LogP contribution in [0, 0.1) is 6.92 Å². The minimum absolute atomic E-state index is 0.0263. The van der Waals surface area contributed by atoms with Gasteiger partial charge in [0, 0.05) is 52.0 Å². The predicted molar refractivity (Wildman–Crippen MR) is 129 cm³/mol. The number of amides is 2. The summed E-state index contributed by atoms with van der Waals surface area (Å²) in [6.07, 6.45) is 7.98. The van der Waals surface area contributed by atoms with Gasteiger partial charge >= 0.3 is 0 Å². The minimum atomic E-state index is -0.105. The number of anilines is 1. The zero-order valence-corrected chi connectivity index (χ0v) is 20.1. The standard InChI is InChI=1S/C26H35N5O2/c1-19-22(26(33)30-15-5-4-6-16-30)18-27-25(28-19)23-8-7-17-31(23)24(32)14-11-20-9-12-21(13-10-20)29(2)3/h9-10,12-13,18,23H,4-8,11,14-17H2,1-3H3. The van der Waals surface area contributed by atoms with E-state index in [2.05, 4.69) is 34.1 Å². The van der Waals surface area contributed by atoms with Crippen molar-refractivity contribution in [3.05, 3.63) is 53.1 Å². The lowest BCUT2D eigenvalue weighted by Gasteiger charge is -2.27. The number of hydrogen-bond acceptors (Lipinski definition) is 5. The molecular formula is C26H35N5O2. The zero-order valence-electron chi connectivity index (χ0n) is 20.1. The highest BCUT2D eigenvalue weighted by Crippen LogP contribution is 2.31. The molecule has 0 bridgehead atoms. The molecule has 1 aromatic carbocycles. The average Bonchev–Trinajstić information content (AvgIpc) is 3.33. The largest absolute Gasteiger partial charge is 0.378 e. The maximum atomic E-state index is 13.0. The quantitative estimate of drug-likeness (QED) is 0.671. The van der Waals surface area contributed by atoms with Crippen LogP contribution < -0.4 is 4.90 Å². The number of carbonyl (C=O) groups excluding carboxylic acids is 2. The van der Waals surface area contributed by atoms with Gasteiger partial charge in [-0.3, -0.25) is 9.59 Å². The lowest BCUT2D eigenvalue weighted by Crippen LogP contribution is -2.36. The highest BCUT2D eigenvalue weighted by molar-refractivity contribution is 5.95. The Balaban J connectivity index is 1.40. The van der Waals surface area contributed by atoms with Gasteiger partial charge in [0.25, 0.3) is 5.91 Å². The molecule has 2 fully saturated rings. The highest BCUT2D eigenvalue weighted by atomic mass is 16.2. The Morgan fingerprint density at radius 1 is 1.03 bits per heavy atom. The summed E-state index contributed by atoms with van der Waals surface area (Å²) in [5.74, 6) is 0.825. The van der Waals surface area contributed by atoms with Crippen LogP contribution in [0.3, 0.4) is 0 Å². The van der Waals surface area contributed by atoms with Crippen LogP contribution in [-0.2, 0) is 11.2 Å². The van der Waals surface area contributed by atoms with Gasteiger partial charge in [-0.2, -0.15) is 0 Å². The van der Waals surface area contributed by atoms with Crippen molar-refractivity contribution in [3.8, 4) is 0 Å². The summed E-state index contributed by atoms with van der Waals surface area (Å²) in [6.45, 7) is 4.23. The van der Waals surface area contributed by atoms with E-state index in [1.54, 1.807) is 6.20 Å². The first-order chi connectivity index (χ1) is 15.9. The molecule has 1 atom stereocenters. The lowest BCUT2D eigenvalue weighted by atomic mass is 10.1. The molecule has 0 saturated carbocycles. The van der Waals surface area contributed by atoms with E-state index < -0.39 is 0 Å². The molecule has 33 heavy (non-hydrogen) atoms. The van der Waals surface area contributed by atoms with Gasteiger partial charge in [-0.1, -0.05) is 12.1 Å². The Bertz CT molecular complexity index is 983. The van der Waals surface area contributed by atoms with Crippen LogP contribution in [0.2, 0.25) is 0 Å². The normalized spacial score (nSPS) is 18.5. The fourth-order valence-electron chi connectivity index (χ4n) is 4.81. The van der Waals surface area contributed by atoms with Crippen LogP contribution in [0.5, 0.6) is 0 Å². The molecule has 2 aromatic rings. The number of piperidine rings is 1. The van der Waals surface area contributed by atoms with Crippen LogP contribution in [0.15, 0.2) is 30.5 Å². The molecule has 7 heteroatoms. The van der Waals surface area contributed by atoms with Crippen molar-refractivity contribution in [3.63, 3.8) is 0 Å². The average molecular weight is 450 g/mol. The van der Waals surface area contributed by atoms with E-state index in [1.807, 2.05) is 30.8 Å². The Hall–Kier alpha value is -2.96. The number of benzene rings is 1. The Morgan fingerprint density at radius 3 is 2.42 bits per heavy atom. The fraction of sp³-hybridized carbons (Fsp3) is 0.538. The number of aryl methyl sites for hydroxylation is 2. The minimum Gasteiger partial charge on any atom is -0.378 e. The third kappa shape index (κ3) is 5.34. The number of carbonyl (C=O) groups is 2. The number of likely N-dealkylation sites (tertiary alicyclic amines) is 2. The van der Waals surface area contributed by atoms with E-state index in [0.29, 0.717) is 23.5 Å². The molecule has 4 rings (SSSR count). The van der Waals surface area contributed by atoms with Crippen molar-refractivity contribution in [2.45, 2.75) is 57.9 Å². The van der Waals surface area contributed by atoms with Gasteiger partial charge in [0.15, 0.2) is 5.82 Å². The SMILES string of the molecule is Cc1nc(C2CCCN2C(=O)CCc2ccc(N(C)C)cc2)ncc1C(=O)N1CCCCC1. The molecule has 2 aliphatic heterocycles. The van der Waals surface area contributed by atoms with Crippen LogP contribution in [0.1, 0.15) is 72.0 Å². The first-order valence-electron chi connectivity index (χ1n) is 12.1. The van der Waals surface area contributed by atoms with E-state index in [-0.39, 0.29) is 17.9 Å². The van der Waals surface area contributed by atoms with Gasteiger partial charge < -0.3 is 14.7 Å². The Kier molecular flexibility index (Phi) is 7.26. The maximum absolute atomic E-state index is 13.0.